The fourth-order valence-electron chi connectivity index (χ4n) is 1.02. The average molecular weight is 219 g/mol. The molecule has 0 heterocycles. The topological polar surface area (TPSA) is 29.1 Å². The monoisotopic (exact) mass is 219 g/mol. The van der Waals surface area contributed by atoms with Crippen LogP contribution in [0.3, 0.4) is 0 Å². The third kappa shape index (κ3) is 4.40. The van der Waals surface area contributed by atoms with E-state index < -0.39 is 17.7 Å². The van der Waals surface area contributed by atoms with Gasteiger partial charge in [-0.3, -0.25) is 4.79 Å². The van der Waals surface area contributed by atoms with E-state index in [1.165, 1.54) is 0 Å². The molecule has 0 spiro atoms. The van der Waals surface area contributed by atoms with Gasteiger partial charge in [-0.25, -0.2) is 0 Å². The lowest BCUT2D eigenvalue weighted by atomic mass is 10.2. The number of allylic oxidation sites excluding steroid dienone is 1. The summed E-state index contributed by atoms with van der Waals surface area (Å²) in [6.07, 6.45) is 4.25. The quantitative estimate of drug-likeness (QED) is 0.724. The van der Waals surface area contributed by atoms with Gasteiger partial charge in [0, 0.05) is 12.5 Å². The van der Waals surface area contributed by atoms with Crippen molar-refractivity contribution in [3.05, 3.63) is 12.2 Å². The van der Waals surface area contributed by atoms with Gasteiger partial charge in [0.05, 0.1) is 0 Å². The van der Waals surface area contributed by atoms with Crippen molar-refractivity contribution in [3.8, 4) is 0 Å². The minimum atomic E-state index is -3.17. The summed E-state index contributed by atoms with van der Waals surface area (Å²) < 4.78 is 26.0. The van der Waals surface area contributed by atoms with Crippen LogP contribution in [0.4, 0.5) is 8.78 Å². The second-order valence-corrected chi connectivity index (χ2v) is 3.18. The number of amides is 1. The molecule has 1 fully saturated rings. The highest BCUT2D eigenvalue weighted by atomic mass is 19.3. The summed E-state index contributed by atoms with van der Waals surface area (Å²) >= 11 is 0. The van der Waals surface area contributed by atoms with Crippen molar-refractivity contribution in [2.24, 2.45) is 5.92 Å². The van der Waals surface area contributed by atoms with Crippen LogP contribution in [-0.2, 0) is 4.79 Å². The Labute approximate surface area is 89.7 Å². The Morgan fingerprint density at radius 2 is 2.00 bits per heavy atom. The third-order valence-electron chi connectivity index (χ3n) is 2.01. The summed E-state index contributed by atoms with van der Waals surface area (Å²) in [5.74, 6) is -5.03. The highest BCUT2D eigenvalue weighted by Crippen LogP contribution is 2.43. The van der Waals surface area contributed by atoms with E-state index in [1.54, 1.807) is 19.1 Å². The van der Waals surface area contributed by atoms with E-state index in [9.17, 15) is 13.6 Å². The van der Waals surface area contributed by atoms with Crippen LogP contribution in [0.5, 0.6) is 0 Å². The van der Waals surface area contributed by atoms with Gasteiger partial charge >= 0.3 is 5.92 Å². The molecule has 1 amide bonds. The normalized spacial score (nSPS) is 15.8. The number of rotatable bonds is 4. The fourth-order valence-corrected chi connectivity index (χ4v) is 1.02. The fraction of sp³-hybridized carbons (Fsp3) is 0.727. The van der Waals surface area contributed by atoms with Crippen LogP contribution in [0.2, 0.25) is 0 Å². The van der Waals surface area contributed by atoms with Crippen LogP contribution in [-0.4, -0.2) is 18.4 Å². The summed E-state index contributed by atoms with van der Waals surface area (Å²) in [6.45, 7) is 5.95. The van der Waals surface area contributed by atoms with E-state index in [4.69, 9.17) is 0 Å². The van der Waals surface area contributed by atoms with Gasteiger partial charge in [-0.05, 0) is 19.8 Å². The number of halogens is 2. The molecule has 0 unspecified atom stereocenters. The minimum absolute atomic E-state index is 0.178. The zero-order valence-corrected chi connectivity index (χ0v) is 9.52. The lowest BCUT2D eigenvalue weighted by Crippen LogP contribution is -2.41. The van der Waals surface area contributed by atoms with Crippen LogP contribution >= 0.6 is 0 Å². The van der Waals surface area contributed by atoms with Gasteiger partial charge in [-0.2, -0.15) is 8.78 Å². The molecule has 15 heavy (non-hydrogen) atoms. The molecule has 0 saturated heterocycles. The minimum Gasteiger partial charge on any atom is -0.347 e. The summed E-state index contributed by atoms with van der Waals surface area (Å²) in [5, 5.41) is 2.17. The molecule has 0 aliphatic heterocycles. The Hall–Kier alpha value is -0.930. The van der Waals surface area contributed by atoms with Crippen molar-refractivity contribution in [1.29, 1.82) is 0 Å². The summed E-state index contributed by atoms with van der Waals surface area (Å²) in [7, 11) is 0. The van der Waals surface area contributed by atoms with Crippen LogP contribution in [0.25, 0.3) is 0 Å². The van der Waals surface area contributed by atoms with Gasteiger partial charge in [0.15, 0.2) is 0 Å². The van der Waals surface area contributed by atoms with E-state index in [0.717, 1.165) is 0 Å². The highest BCUT2D eigenvalue weighted by Gasteiger charge is 2.52. The second-order valence-electron chi connectivity index (χ2n) is 3.18. The van der Waals surface area contributed by atoms with Crippen molar-refractivity contribution in [1.82, 2.24) is 5.32 Å². The van der Waals surface area contributed by atoms with Gasteiger partial charge in [0.25, 0.3) is 5.91 Å². The maximum Gasteiger partial charge on any atom is 0.327 e. The highest BCUT2D eigenvalue weighted by molar-refractivity contribution is 5.84. The second kappa shape index (κ2) is 6.53. The molecule has 0 aromatic carbocycles. The Balaban J connectivity index is 0.000000921. The SMILES string of the molecule is C/C=C/CNC(=O)C(F)(F)C1CC1.CC. The lowest BCUT2D eigenvalue weighted by Gasteiger charge is -2.13. The molecular weight excluding hydrogens is 200 g/mol. The van der Waals surface area contributed by atoms with E-state index >= 15 is 0 Å². The molecule has 0 atom stereocenters. The van der Waals surface area contributed by atoms with Crippen molar-refractivity contribution in [2.45, 2.75) is 39.5 Å². The summed E-state index contributed by atoms with van der Waals surface area (Å²) in [6, 6.07) is 0. The molecule has 1 saturated carbocycles. The average Bonchev–Trinajstić information content (AvgIpc) is 3.04. The largest absolute Gasteiger partial charge is 0.347 e. The Morgan fingerprint density at radius 3 is 2.40 bits per heavy atom. The number of nitrogens with one attached hydrogen (secondary N) is 1. The zero-order valence-electron chi connectivity index (χ0n) is 9.52. The van der Waals surface area contributed by atoms with E-state index in [1.807, 2.05) is 13.8 Å². The maximum absolute atomic E-state index is 13.0. The maximum atomic E-state index is 13.0. The lowest BCUT2D eigenvalue weighted by molar-refractivity contribution is -0.148. The van der Waals surface area contributed by atoms with E-state index in [-0.39, 0.29) is 6.54 Å². The van der Waals surface area contributed by atoms with Crippen LogP contribution in [0, 0.1) is 5.92 Å². The molecule has 1 aliphatic rings. The molecule has 1 N–H and O–H groups in total. The number of hydrogen-bond acceptors (Lipinski definition) is 1. The zero-order chi connectivity index (χ0) is 11.9. The first-order chi connectivity index (χ1) is 7.09. The Bertz CT molecular complexity index is 223. The van der Waals surface area contributed by atoms with Gasteiger partial charge in [0.2, 0.25) is 0 Å². The molecule has 4 heteroatoms. The standard InChI is InChI=1S/C9H13F2NO.C2H6/c1-2-3-6-12-8(13)9(10,11)7-4-5-7;1-2/h2-3,7H,4-6H2,1H3,(H,12,13);1-2H3/b3-2+;. The molecule has 1 aliphatic carbocycles. The summed E-state index contributed by atoms with van der Waals surface area (Å²) in [5.41, 5.74) is 0. The first-order valence-electron chi connectivity index (χ1n) is 5.36. The molecule has 0 aromatic rings. The number of hydrogen-bond donors (Lipinski definition) is 1. The van der Waals surface area contributed by atoms with Gasteiger partial charge in [-0.15, -0.1) is 0 Å². The molecule has 0 radical (unpaired) electrons. The number of alkyl halides is 2. The molecule has 1 rings (SSSR count). The molecule has 0 aromatic heterocycles. The molecular formula is C11H19F2NO. The van der Waals surface area contributed by atoms with Crippen molar-refractivity contribution >= 4 is 5.91 Å². The first kappa shape index (κ1) is 14.1. The third-order valence-corrected chi connectivity index (χ3v) is 2.01. The van der Waals surface area contributed by atoms with Crippen molar-refractivity contribution in [3.63, 3.8) is 0 Å². The van der Waals surface area contributed by atoms with Crippen molar-refractivity contribution in [2.75, 3.05) is 6.54 Å². The predicted octanol–water partition coefficient (Wildman–Crippen LogP) is 2.75. The first-order valence-corrected chi connectivity index (χ1v) is 5.36. The van der Waals surface area contributed by atoms with E-state index in [0.29, 0.717) is 12.8 Å². The van der Waals surface area contributed by atoms with Gasteiger partial charge in [-0.1, -0.05) is 26.0 Å². The van der Waals surface area contributed by atoms with Crippen LogP contribution in [0.1, 0.15) is 33.6 Å². The number of carbonyl (C=O) groups excluding carboxylic acids is 1. The Morgan fingerprint density at radius 1 is 1.47 bits per heavy atom. The smallest absolute Gasteiger partial charge is 0.327 e. The molecule has 0 bridgehead atoms. The van der Waals surface area contributed by atoms with Gasteiger partial charge in [0.1, 0.15) is 0 Å². The van der Waals surface area contributed by atoms with E-state index in [2.05, 4.69) is 5.32 Å². The van der Waals surface area contributed by atoms with Crippen molar-refractivity contribution < 1.29 is 13.6 Å². The van der Waals surface area contributed by atoms with Crippen LogP contribution < -0.4 is 5.32 Å². The van der Waals surface area contributed by atoms with Gasteiger partial charge < -0.3 is 5.32 Å². The summed E-state index contributed by atoms with van der Waals surface area (Å²) in [4.78, 5) is 10.9. The number of carbonyl (C=O) groups is 1. The predicted molar refractivity (Wildman–Crippen MR) is 56.8 cm³/mol. The Kier molecular flexibility index (Phi) is 6.13. The molecule has 2 nitrogen and oxygen atoms in total. The molecule has 88 valence electrons. The van der Waals surface area contributed by atoms with Crippen LogP contribution in [0.15, 0.2) is 12.2 Å².